The molecule has 0 atom stereocenters. The van der Waals surface area contributed by atoms with Gasteiger partial charge in [-0.05, 0) is 24.5 Å². The maximum atomic E-state index is 13.0. The van der Waals surface area contributed by atoms with Crippen molar-refractivity contribution in [3.8, 4) is 12.1 Å². The van der Waals surface area contributed by atoms with Gasteiger partial charge in [-0.25, -0.2) is 0 Å². The molecule has 152 valence electrons. The average molecular weight is 408 g/mol. The topological polar surface area (TPSA) is 95.6 Å². The number of benzene rings is 1. The minimum Gasteiger partial charge on any atom is -0.437 e. The van der Waals surface area contributed by atoms with Gasteiger partial charge < -0.3 is 8.98 Å². The Kier molecular flexibility index (Phi) is 4.56. The van der Waals surface area contributed by atoms with Crippen LogP contribution in [0.5, 0.6) is 0 Å². The van der Waals surface area contributed by atoms with Crippen LogP contribution in [-0.4, -0.2) is 15.3 Å². The molecule has 2 aliphatic rings. The zero-order chi connectivity index (χ0) is 21.5. The number of aromatic nitrogens is 2. The Morgan fingerprint density at radius 1 is 1.16 bits per heavy atom. The van der Waals surface area contributed by atoms with Gasteiger partial charge in [0, 0.05) is 35.7 Å². The Morgan fingerprint density at radius 3 is 2.55 bits per heavy atom. The number of ketones is 1. The number of carbonyl (C=O) groups excluding carboxylic acids is 1. The lowest BCUT2D eigenvalue weighted by Gasteiger charge is -2.20. The number of carbonyl (C=O) groups is 1. The molecule has 0 bridgehead atoms. The summed E-state index contributed by atoms with van der Waals surface area (Å²) in [5, 5.41) is 18.9. The van der Waals surface area contributed by atoms with Crippen LogP contribution in [0.3, 0.4) is 0 Å². The van der Waals surface area contributed by atoms with Crippen LogP contribution in [0, 0.1) is 22.7 Å². The molecule has 3 aromatic rings. The summed E-state index contributed by atoms with van der Waals surface area (Å²) in [5.74, 6) is 1.77. The Labute approximate surface area is 179 Å². The molecule has 2 aromatic heterocycles. The van der Waals surface area contributed by atoms with Crippen LogP contribution in [0.2, 0.25) is 0 Å². The number of fused-ring (bicyclic) bond motifs is 2. The van der Waals surface area contributed by atoms with Crippen LogP contribution in [0.15, 0.2) is 45.9 Å². The van der Waals surface area contributed by atoms with E-state index in [4.69, 9.17) is 9.40 Å². The minimum absolute atomic E-state index is 0.0848. The van der Waals surface area contributed by atoms with Crippen molar-refractivity contribution in [2.45, 2.75) is 38.0 Å². The van der Waals surface area contributed by atoms with Gasteiger partial charge in [0.25, 0.3) is 0 Å². The summed E-state index contributed by atoms with van der Waals surface area (Å²) < 4.78 is 8.05. The third kappa shape index (κ3) is 3.00. The molecular formula is C25H20N4O2. The molecule has 6 nitrogen and oxygen atoms in total. The predicted octanol–water partition coefficient (Wildman–Crippen LogP) is 5.29. The van der Waals surface area contributed by atoms with Crippen molar-refractivity contribution in [1.82, 2.24) is 9.55 Å². The van der Waals surface area contributed by atoms with Crippen LogP contribution in [0.25, 0.3) is 22.9 Å². The van der Waals surface area contributed by atoms with Crippen LogP contribution < -0.4 is 0 Å². The lowest BCUT2D eigenvalue weighted by molar-refractivity contribution is 0.104. The highest BCUT2D eigenvalue weighted by Gasteiger charge is 2.32. The number of hydrogen-bond donors (Lipinski definition) is 0. The SMILES string of the molecule is Cn1c(C2CCCCC2)nc2oc(/C=C3\C(=O)c4ccccc4C3=C(C#N)C#N)cc21. The second-order valence-corrected chi connectivity index (χ2v) is 8.11. The number of Topliss-reactive ketones (excluding diaryl/α,β-unsaturated/α-hetero) is 1. The van der Waals surface area contributed by atoms with Gasteiger partial charge >= 0.3 is 0 Å². The molecule has 2 aliphatic carbocycles. The smallest absolute Gasteiger partial charge is 0.245 e. The van der Waals surface area contributed by atoms with Crippen LogP contribution in [0.4, 0.5) is 0 Å². The molecule has 0 spiro atoms. The van der Waals surface area contributed by atoms with E-state index in [0.29, 0.717) is 39.7 Å². The van der Waals surface area contributed by atoms with E-state index in [0.717, 1.165) is 24.2 Å². The molecule has 0 amide bonds. The molecule has 31 heavy (non-hydrogen) atoms. The second-order valence-electron chi connectivity index (χ2n) is 8.11. The van der Waals surface area contributed by atoms with Gasteiger partial charge in [-0.3, -0.25) is 4.79 Å². The number of hydrogen-bond acceptors (Lipinski definition) is 5. The normalized spacial score (nSPS) is 17.7. The van der Waals surface area contributed by atoms with E-state index >= 15 is 0 Å². The van der Waals surface area contributed by atoms with E-state index in [1.807, 2.05) is 25.3 Å². The standard InChI is InChI=1S/C25H20N4O2/c1-29-21-12-17(31-25(21)28-24(29)15-7-3-2-4-8-15)11-20-22(16(13-26)14-27)18-9-5-6-10-19(18)23(20)30/h5-6,9-12,15H,2-4,7-8H2,1H3/b20-11-. The van der Waals surface area contributed by atoms with Crippen LogP contribution in [0.1, 0.15) is 65.5 Å². The van der Waals surface area contributed by atoms with Gasteiger partial charge in [-0.2, -0.15) is 15.5 Å². The summed E-state index contributed by atoms with van der Waals surface area (Å²) in [6, 6.07) is 12.7. The van der Waals surface area contributed by atoms with E-state index < -0.39 is 0 Å². The number of nitrogens with zero attached hydrogens (tertiary/aromatic N) is 4. The summed E-state index contributed by atoms with van der Waals surface area (Å²) in [5.41, 5.74) is 3.09. The first kappa shape index (κ1) is 19.1. The molecule has 1 saturated carbocycles. The maximum absolute atomic E-state index is 13.0. The third-order valence-electron chi connectivity index (χ3n) is 6.32. The van der Waals surface area contributed by atoms with Crippen molar-refractivity contribution in [2.75, 3.05) is 0 Å². The molecular weight excluding hydrogens is 388 g/mol. The Bertz CT molecular complexity index is 1350. The monoisotopic (exact) mass is 408 g/mol. The number of nitriles is 2. The number of allylic oxidation sites excluding steroid dienone is 3. The van der Waals surface area contributed by atoms with Crippen LogP contribution in [-0.2, 0) is 7.05 Å². The van der Waals surface area contributed by atoms with Crippen molar-refractivity contribution < 1.29 is 9.21 Å². The van der Waals surface area contributed by atoms with Gasteiger partial charge in [0.2, 0.25) is 5.71 Å². The molecule has 0 N–H and O–H groups in total. The molecule has 0 radical (unpaired) electrons. The van der Waals surface area contributed by atoms with Crippen molar-refractivity contribution in [2.24, 2.45) is 7.05 Å². The molecule has 0 unspecified atom stereocenters. The molecule has 6 heteroatoms. The van der Waals surface area contributed by atoms with E-state index in [1.54, 1.807) is 30.3 Å². The third-order valence-corrected chi connectivity index (χ3v) is 6.32. The quantitative estimate of drug-likeness (QED) is 0.424. The predicted molar refractivity (Wildman–Crippen MR) is 116 cm³/mol. The number of rotatable bonds is 2. The molecule has 1 aromatic carbocycles. The summed E-state index contributed by atoms with van der Waals surface area (Å²) in [7, 11) is 2.00. The van der Waals surface area contributed by atoms with Gasteiger partial charge in [0.15, 0.2) is 5.78 Å². The molecule has 0 saturated heterocycles. The van der Waals surface area contributed by atoms with E-state index in [1.165, 1.54) is 19.3 Å². The van der Waals surface area contributed by atoms with E-state index in [9.17, 15) is 15.3 Å². The van der Waals surface area contributed by atoms with Crippen molar-refractivity contribution >= 4 is 28.7 Å². The highest BCUT2D eigenvalue weighted by atomic mass is 16.3. The molecule has 0 aliphatic heterocycles. The zero-order valence-electron chi connectivity index (χ0n) is 17.2. The number of imidazole rings is 1. The number of furan rings is 1. The van der Waals surface area contributed by atoms with Crippen molar-refractivity contribution in [1.29, 1.82) is 10.5 Å². The first-order valence-electron chi connectivity index (χ1n) is 10.5. The van der Waals surface area contributed by atoms with Gasteiger partial charge in [-0.15, -0.1) is 0 Å². The highest BCUT2D eigenvalue weighted by molar-refractivity contribution is 6.29. The van der Waals surface area contributed by atoms with E-state index in [-0.39, 0.29) is 11.4 Å². The van der Waals surface area contributed by atoms with Gasteiger partial charge in [-0.1, -0.05) is 43.5 Å². The first-order valence-corrected chi connectivity index (χ1v) is 10.5. The average Bonchev–Trinajstić information content (AvgIpc) is 3.43. The Balaban J connectivity index is 1.60. The van der Waals surface area contributed by atoms with Gasteiger partial charge in [0.05, 0.1) is 0 Å². The van der Waals surface area contributed by atoms with Crippen molar-refractivity contribution in [3.05, 3.63) is 64.2 Å². The fourth-order valence-corrected chi connectivity index (χ4v) is 4.80. The fourth-order valence-electron chi connectivity index (χ4n) is 4.80. The molecule has 5 rings (SSSR count). The maximum Gasteiger partial charge on any atom is 0.245 e. The van der Waals surface area contributed by atoms with Gasteiger partial charge in [0.1, 0.15) is 34.8 Å². The Morgan fingerprint density at radius 2 is 1.87 bits per heavy atom. The lowest BCUT2D eigenvalue weighted by Crippen LogP contribution is -2.10. The largest absolute Gasteiger partial charge is 0.437 e. The fraction of sp³-hybridized carbons (Fsp3) is 0.280. The summed E-state index contributed by atoms with van der Waals surface area (Å²) in [6.07, 6.45) is 7.66. The van der Waals surface area contributed by atoms with E-state index in [2.05, 4.69) is 4.57 Å². The van der Waals surface area contributed by atoms with Crippen LogP contribution >= 0.6 is 0 Å². The first-order chi connectivity index (χ1) is 15.1. The minimum atomic E-state index is -0.218. The summed E-state index contributed by atoms with van der Waals surface area (Å²) >= 11 is 0. The zero-order valence-corrected chi connectivity index (χ0v) is 17.2. The molecule has 1 fully saturated rings. The number of aryl methyl sites for hydroxylation is 1. The summed E-state index contributed by atoms with van der Waals surface area (Å²) in [6.45, 7) is 0. The van der Waals surface area contributed by atoms with Crippen molar-refractivity contribution in [3.63, 3.8) is 0 Å². The second kappa shape index (κ2) is 7.41. The highest BCUT2D eigenvalue weighted by Crippen LogP contribution is 2.40. The lowest BCUT2D eigenvalue weighted by atomic mass is 9.89. The summed E-state index contributed by atoms with van der Waals surface area (Å²) in [4.78, 5) is 17.8. The Hall–Kier alpha value is -3.90. The molecule has 2 heterocycles.